The lowest BCUT2D eigenvalue weighted by atomic mass is 10.2. The highest BCUT2D eigenvalue weighted by molar-refractivity contribution is 14.0. The molecule has 0 aliphatic carbocycles. The first-order chi connectivity index (χ1) is 12.3. The third-order valence-electron chi connectivity index (χ3n) is 4.04. The van der Waals surface area contributed by atoms with Crippen molar-refractivity contribution in [2.75, 3.05) is 20.6 Å². The number of furan rings is 1. The molecule has 7 nitrogen and oxygen atoms in total. The molecular weight excluding hydrogens is 443 g/mol. The van der Waals surface area contributed by atoms with Crippen molar-refractivity contribution in [2.24, 2.45) is 4.99 Å². The van der Waals surface area contributed by atoms with Gasteiger partial charge in [-0.3, -0.25) is 4.99 Å². The molecule has 0 radical (unpaired) electrons. The first-order valence-corrected chi connectivity index (χ1v) is 8.48. The predicted octanol–water partition coefficient (Wildman–Crippen LogP) is 3.13. The van der Waals surface area contributed by atoms with Crippen LogP contribution in [0.5, 0.6) is 0 Å². The van der Waals surface area contributed by atoms with Gasteiger partial charge in [0.2, 0.25) is 0 Å². The zero-order valence-electron chi connectivity index (χ0n) is 15.1. The topological polar surface area (TPSA) is 71.5 Å². The average molecular weight is 468 g/mol. The highest BCUT2D eigenvalue weighted by Gasteiger charge is 2.10. The van der Waals surface area contributed by atoms with E-state index in [1.807, 2.05) is 29.8 Å². The van der Waals surface area contributed by atoms with Gasteiger partial charge in [-0.2, -0.15) is 0 Å². The highest BCUT2D eigenvalue weighted by atomic mass is 127. The number of hydrogen-bond donors (Lipinski definition) is 1. The molecule has 0 fully saturated rings. The summed E-state index contributed by atoms with van der Waals surface area (Å²) < 4.78 is 7.87. The van der Waals surface area contributed by atoms with Gasteiger partial charge in [-0.1, -0.05) is 18.2 Å². The molecule has 0 spiro atoms. The maximum atomic E-state index is 5.88. The van der Waals surface area contributed by atoms with Gasteiger partial charge >= 0.3 is 0 Å². The number of nitrogens with zero attached hydrogens (tertiary/aromatic N) is 5. The van der Waals surface area contributed by atoms with Crippen molar-refractivity contribution >= 4 is 40.9 Å². The van der Waals surface area contributed by atoms with Crippen molar-refractivity contribution < 1.29 is 4.42 Å². The molecular formula is C18H25IN6O. The Balaban J connectivity index is 0.00000243. The lowest BCUT2D eigenvalue weighted by Crippen LogP contribution is -2.38. The van der Waals surface area contributed by atoms with Crippen LogP contribution in [0.15, 0.2) is 52.4 Å². The van der Waals surface area contributed by atoms with Gasteiger partial charge in [-0.15, -0.1) is 34.2 Å². The zero-order chi connectivity index (χ0) is 17.5. The van der Waals surface area contributed by atoms with Crippen LogP contribution in [0.2, 0.25) is 0 Å². The summed E-state index contributed by atoms with van der Waals surface area (Å²) in [6.07, 6.45) is 5.60. The standard InChI is InChI=1S/C18H24N6O.HI/c1-19-18(20-9-5-6-10-24-13-21-22-14-24)23(2)12-16-11-15-7-3-4-8-17(15)25-16;/h3-4,7-8,11,13-14H,5-6,9-10,12H2,1-2H3,(H,19,20);1H. The van der Waals surface area contributed by atoms with E-state index < -0.39 is 0 Å². The Morgan fingerprint density at radius 3 is 2.73 bits per heavy atom. The minimum absolute atomic E-state index is 0. The molecule has 0 unspecified atom stereocenters. The summed E-state index contributed by atoms with van der Waals surface area (Å²) in [4.78, 5) is 6.42. The minimum Gasteiger partial charge on any atom is -0.459 e. The number of para-hydroxylation sites is 1. The molecule has 8 heteroatoms. The number of unbranched alkanes of at least 4 members (excludes halogenated alkanes) is 1. The van der Waals surface area contributed by atoms with Crippen LogP contribution in [0, 0.1) is 0 Å². The van der Waals surface area contributed by atoms with Crippen LogP contribution in [0.1, 0.15) is 18.6 Å². The van der Waals surface area contributed by atoms with Crippen molar-refractivity contribution in [3.63, 3.8) is 0 Å². The predicted molar refractivity (Wildman–Crippen MR) is 114 cm³/mol. The molecule has 26 heavy (non-hydrogen) atoms. The van der Waals surface area contributed by atoms with Crippen LogP contribution in [0.3, 0.4) is 0 Å². The summed E-state index contributed by atoms with van der Waals surface area (Å²) in [7, 11) is 3.81. The van der Waals surface area contributed by atoms with E-state index >= 15 is 0 Å². The van der Waals surface area contributed by atoms with Gasteiger partial charge in [0, 0.05) is 32.6 Å². The first kappa shape index (κ1) is 20.2. The van der Waals surface area contributed by atoms with E-state index in [9.17, 15) is 0 Å². The van der Waals surface area contributed by atoms with E-state index in [1.165, 1.54) is 0 Å². The molecule has 2 heterocycles. The third-order valence-corrected chi connectivity index (χ3v) is 4.04. The summed E-state index contributed by atoms with van der Waals surface area (Å²) in [6, 6.07) is 10.1. The van der Waals surface area contributed by atoms with Crippen molar-refractivity contribution in [2.45, 2.75) is 25.9 Å². The Morgan fingerprint density at radius 2 is 2.00 bits per heavy atom. The fourth-order valence-electron chi connectivity index (χ4n) is 2.77. The maximum absolute atomic E-state index is 5.88. The lowest BCUT2D eigenvalue weighted by molar-refractivity contribution is 0.411. The summed E-state index contributed by atoms with van der Waals surface area (Å²) in [6.45, 7) is 2.48. The van der Waals surface area contributed by atoms with Gasteiger partial charge in [0.05, 0.1) is 6.54 Å². The van der Waals surface area contributed by atoms with Crippen molar-refractivity contribution in [3.8, 4) is 0 Å². The molecule has 0 bridgehead atoms. The molecule has 0 saturated heterocycles. The molecule has 3 rings (SSSR count). The van der Waals surface area contributed by atoms with E-state index in [4.69, 9.17) is 4.42 Å². The summed E-state index contributed by atoms with van der Waals surface area (Å²) in [5, 5.41) is 12.1. The van der Waals surface area contributed by atoms with Gasteiger partial charge in [-0.25, -0.2) is 0 Å². The number of aliphatic imine (C=N–C) groups is 1. The Hall–Kier alpha value is -2.10. The van der Waals surface area contributed by atoms with Gasteiger partial charge in [0.15, 0.2) is 5.96 Å². The van der Waals surface area contributed by atoms with Crippen LogP contribution in [0.25, 0.3) is 11.0 Å². The average Bonchev–Trinajstić information content (AvgIpc) is 3.26. The van der Waals surface area contributed by atoms with E-state index in [0.717, 1.165) is 48.6 Å². The number of aromatic nitrogens is 3. The Labute approximate surface area is 170 Å². The van der Waals surface area contributed by atoms with Crippen molar-refractivity contribution in [1.82, 2.24) is 25.0 Å². The van der Waals surface area contributed by atoms with Crippen LogP contribution >= 0.6 is 24.0 Å². The van der Waals surface area contributed by atoms with Gasteiger partial charge < -0.3 is 19.2 Å². The fourth-order valence-corrected chi connectivity index (χ4v) is 2.77. The molecule has 1 N–H and O–H groups in total. The van der Waals surface area contributed by atoms with E-state index in [2.05, 4.69) is 37.5 Å². The lowest BCUT2D eigenvalue weighted by Gasteiger charge is -2.21. The second kappa shape index (κ2) is 10.1. The first-order valence-electron chi connectivity index (χ1n) is 8.48. The summed E-state index contributed by atoms with van der Waals surface area (Å²) in [5.74, 6) is 1.80. The summed E-state index contributed by atoms with van der Waals surface area (Å²) in [5.41, 5.74) is 0.919. The maximum Gasteiger partial charge on any atom is 0.193 e. The second-order valence-electron chi connectivity index (χ2n) is 5.99. The number of benzene rings is 1. The highest BCUT2D eigenvalue weighted by Crippen LogP contribution is 2.19. The van der Waals surface area contributed by atoms with Crippen LogP contribution in [-0.2, 0) is 13.1 Å². The number of aryl methyl sites for hydroxylation is 1. The smallest absolute Gasteiger partial charge is 0.193 e. The minimum atomic E-state index is 0. The molecule has 0 amide bonds. The normalized spacial score (nSPS) is 11.4. The molecule has 3 aromatic rings. The van der Waals surface area contributed by atoms with Crippen molar-refractivity contribution in [3.05, 3.63) is 48.7 Å². The third kappa shape index (κ3) is 5.45. The number of rotatable bonds is 7. The molecule has 140 valence electrons. The molecule has 0 aliphatic heterocycles. The quantitative estimate of drug-likeness (QED) is 0.250. The van der Waals surface area contributed by atoms with E-state index in [-0.39, 0.29) is 24.0 Å². The van der Waals surface area contributed by atoms with Gasteiger partial charge in [-0.05, 0) is 25.0 Å². The largest absolute Gasteiger partial charge is 0.459 e. The van der Waals surface area contributed by atoms with Crippen LogP contribution in [0.4, 0.5) is 0 Å². The number of guanidine groups is 1. The van der Waals surface area contributed by atoms with Crippen molar-refractivity contribution in [1.29, 1.82) is 0 Å². The molecule has 1 aromatic carbocycles. The van der Waals surface area contributed by atoms with E-state index in [0.29, 0.717) is 6.54 Å². The molecule has 0 aliphatic rings. The second-order valence-corrected chi connectivity index (χ2v) is 5.99. The SMILES string of the molecule is CN=C(NCCCCn1cnnc1)N(C)Cc1cc2ccccc2o1.I. The zero-order valence-corrected chi connectivity index (χ0v) is 17.5. The summed E-state index contributed by atoms with van der Waals surface area (Å²) >= 11 is 0. The Kier molecular flexibility index (Phi) is 7.89. The fraction of sp³-hybridized carbons (Fsp3) is 0.389. The molecule has 0 saturated carbocycles. The monoisotopic (exact) mass is 468 g/mol. The molecule has 0 atom stereocenters. The Bertz CT molecular complexity index is 781. The van der Waals surface area contributed by atoms with Crippen LogP contribution in [-0.4, -0.2) is 46.3 Å². The van der Waals surface area contributed by atoms with Gasteiger partial charge in [0.1, 0.15) is 24.0 Å². The molecule has 2 aromatic heterocycles. The number of hydrogen-bond acceptors (Lipinski definition) is 4. The Morgan fingerprint density at radius 1 is 1.23 bits per heavy atom. The number of nitrogens with one attached hydrogen (secondary N) is 1. The van der Waals surface area contributed by atoms with Gasteiger partial charge in [0.25, 0.3) is 0 Å². The van der Waals surface area contributed by atoms with Crippen LogP contribution < -0.4 is 5.32 Å². The number of halogens is 1. The number of fused-ring (bicyclic) bond motifs is 1. The van der Waals surface area contributed by atoms with E-state index in [1.54, 1.807) is 19.7 Å².